The maximum Gasteiger partial charge on any atom is 0.332 e. The average molecular weight is 390 g/mol. The SMILES string of the molecule is CCC(Sc1nc(-c2ccco2)nc2c1c(=O)n(C)c(=O)n2C)C(=O)OC. The average Bonchev–Trinajstić information content (AvgIpc) is 3.22. The van der Waals surface area contributed by atoms with Crippen molar-refractivity contribution in [3.05, 3.63) is 39.2 Å². The zero-order valence-electron chi connectivity index (χ0n) is 15.3. The van der Waals surface area contributed by atoms with Crippen molar-refractivity contribution in [2.45, 2.75) is 23.6 Å². The Morgan fingerprint density at radius 2 is 2.04 bits per heavy atom. The summed E-state index contributed by atoms with van der Waals surface area (Å²) >= 11 is 1.10. The summed E-state index contributed by atoms with van der Waals surface area (Å²) in [6, 6.07) is 3.36. The van der Waals surface area contributed by atoms with Crippen LogP contribution in [0, 0.1) is 0 Å². The summed E-state index contributed by atoms with van der Waals surface area (Å²) in [5.74, 6) is 0.186. The Morgan fingerprint density at radius 3 is 2.63 bits per heavy atom. The van der Waals surface area contributed by atoms with Gasteiger partial charge in [0.15, 0.2) is 17.2 Å². The van der Waals surface area contributed by atoms with E-state index in [-0.39, 0.29) is 16.9 Å². The molecule has 10 heteroatoms. The van der Waals surface area contributed by atoms with Crippen LogP contribution in [0.2, 0.25) is 0 Å². The Hall–Kier alpha value is -2.88. The van der Waals surface area contributed by atoms with Crippen LogP contribution in [-0.4, -0.2) is 37.4 Å². The molecule has 27 heavy (non-hydrogen) atoms. The summed E-state index contributed by atoms with van der Waals surface area (Å²) in [4.78, 5) is 45.9. The van der Waals surface area contributed by atoms with Crippen molar-refractivity contribution in [2.75, 3.05) is 7.11 Å². The number of aromatic nitrogens is 4. The molecule has 0 saturated carbocycles. The summed E-state index contributed by atoms with van der Waals surface area (Å²) in [6.45, 7) is 1.83. The third kappa shape index (κ3) is 3.27. The van der Waals surface area contributed by atoms with Gasteiger partial charge in [-0.15, -0.1) is 0 Å². The minimum absolute atomic E-state index is 0.169. The van der Waals surface area contributed by atoms with Crippen molar-refractivity contribution >= 4 is 28.8 Å². The number of hydrogen-bond acceptors (Lipinski definition) is 8. The van der Waals surface area contributed by atoms with E-state index in [2.05, 4.69) is 9.97 Å². The van der Waals surface area contributed by atoms with Crippen molar-refractivity contribution in [2.24, 2.45) is 14.1 Å². The number of methoxy groups -OCH3 is 1. The molecule has 3 aromatic rings. The third-order valence-electron chi connectivity index (χ3n) is 4.10. The first-order valence-corrected chi connectivity index (χ1v) is 9.03. The monoisotopic (exact) mass is 390 g/mol. The zero-order valence-corrected chi connectivity index (χ0v) is 16.1. The fourth-order valence-corrected chi connectivity index (χ4v) is 3.66. The molecule has 0 saturated heterocycles. The molecule has 142 valence electrons. The van der Waals surface area contributed by atoms with E-state index in [1.165, 1.54) is 32.0 Å². The van der Waals surface area contributed by atoms with E-state index in [1.807, 2.05) is 6.92 Å². The number of thioether (sulfide) groups is 1. The number of rotatable bonds is 5. The van der Waals surface area contributed by atoms with Crippen LogP contribution < -0.4 is 11.2 Å². The van der Waals surface area contributed by atoms with Gasteiger partial charge in [0, 0.05) is 14.1 Å². The van der Waals surface area contributed by atoms with Gasteiger partial charge in [-0.1, -0.05) is 18.7 Å². The fourth-order valence-electron chi connectivity index (χ4n) is 2.59. The summed E-state index contributed by atoms with van der Waals surface area (Å²) in [5, 5.41) is -0.0957. The highest BCUT2D eigenvalue weighted by Crippen LogP contribution is 2.30. The Kier molecular flexibility index (Phi) is 5.17. The molecule has 0 N–H and O–H groups in total. The number of carbonyl (C=O) groups is 1. The fraction of sp³-hybridized carbons (Fsp3) is 0.353. The van der Waals surface area contributed by atoms with Crippen LogP contribution in [0.15, 0.2) is 37.4 Å². The second-order valence-electron chi connectivity index (χ2n) is 5.77. The minimum Gasteiger partial charge on any atom is -0.468 e. The van der Waals surface area contributed by atoms with Gasteiger partial charge in [0.05, 0.1) is 13.4 Å². The van der Waals surface area contributed by atoms with Crippen LogP contribution in [0.3, 0.4) is 0 Å². The van der Waals surface area contributed by atoms with Crippen molar-refractivity contribution < 1.29 is 13.9 Å². The Balaban J connectivity index is 2.34. The molecule has 0 amide bonds. The normalized spacial score (nSPS) is 12.3. The highest BCUT2D eigenvalue weighted by atomic mass is 32.2. The van der Waals surface area contributed by atoms with E-state index in [0.717, 1.165) is 16.3 Å². The molecule has 3 rings (SSSR count). The number of aryl methyl sites for hydroxylation is 1. The number of carbonyl (C=O) groups excluding carboxylic acids is 1. The quantitative estimate of drug-likeness (QED) is 0.365. The van der Waals surface area contributed by atoms with E-state index in [4.69, 9.17) is 9.15 Å². The second-order valence-corrected chi connectivity index (χ2v) is 6.96. The third-order valence-corrected chi connectivity index (χ3v) is 5.43. The lowest BCUT2D eigenvalue weighted by atomic mass is 10.3. The van der Waals surface area contributed by atoms with Crippen LogP contribution >= 0.6 is 11.8 Å². The number of nitrogens with zero attached hydrogens (tertiary/aromatic N) is 4. The van der Waals surface area contributed by atoms with Crippen molar-refractivity contribution in [3.8, 4) is 11.6 Å². The lowest BCUT2D eigenvalue weighted by Gasteiger charge is -2.14. The summed E-state index contributed by atoms with van der Waals surface area (Å²) in [5.41, 5.74) is -0.861. The van der Waals surface area contributed by atoms with Gasteiger partial charge in [-0.2, -0.15) is 0 Å². The number of hydrogen-bond donors (Lipinski definition) is 0. The molecular formula is C17H18N4O5S. The first-order valence-electron chi connectivity index (χ1n) is 8.15. The molecule has 1 atom stereocenters. The smallest absolute Gasteiger partial charge is 0.332 e. The number of furan rings is 1. The number of ether oxygens (including phenoxy) is 1. The summed E-state index contributed by atoms with van der Waals surface area (Å²) in [6.07, 6.45) is 1.95. The number of esters is 1. The molecule has 0 spiro atoms. The molecule has 0 fully saturated rings. The first-order chi connectivity index (χ1) is 12.9. The molecule has 0 aliphatic rings. The van der Waals surface area contributed by atoms with Gasteiger partial charge in [-0.05, 0) is 18.6 Å². The molecule has 9 nitrogen and oxygen atoms in total. The molecule has 1 unspecified atom stereocenters. The molecule has 0 aliphatic carbocycles. The predicted molar refractivity (Wildman–Crippen MR) is 99.7 cm³/mol. The van der Waals surface area contributed by atoms with Gasteiger partial charge in [-0.25, -0.2) is 14.8 Å². The van der Waals surface area contributed by atoms with Crippen LogP contribution in [0.1, 0.15) is 13.3 Å². The van der Waals surface area contributed by atoms with E-state index in [0.29, 0.717) is 17.2 Å². The van der Waals surface area contributed by atoms with Crippen LogP contribution in [0.5, 0.6) is 0 Å². The largest absolute Gasteiger partial charge is 0.468 e. The molecule has 0 aliphatic heterocycles. The zero-order chi connectivity index (χ0) is 19.7. The van der Waals surface area contributed by atoms with E-state index in [1.54, 1.807) is 12.1 Å². The van der Waals surface area contributed by atoms with Crippen molar-refractivity contribution in [3.63, 3.8) is 0 Å². The van der Waals surface area contributed by atoms with Crippen LogP contribution in [0.25, 0.3) is 22.6 Å². The maximum absolute atomic E-state index is 12.7. The van der Waals surface area contributed by atoms with E-state index >= 15 is 0 Å². The van der Waals surface area contributed by atoms with Gasteiger partial charge in [0.1, 0.15) is 15.7 Å². The van der Waals surface area contributed by atoms with Crippen molar-refractivity contribution in [1.29, 1.82) is 0 Å². The number of fused-ring (bicyclic) bond motifs is 1. The lowest BCUT2D eigenvalue weighted by Crippen LogP contribution is -2.37. The second kappa shape index (κ2) is 7.39. The Labute approximate surface area is 158 Å². The van der Waals surface area contributed by atoms with Gasteiger partial charge in [-0.3, -0.25) is 18.7 Å². The Bertz CT molecular complexity index is 1120. The van der Waals surface area contributed by atoms with Gasteiger partial charge in [0.25, 0.3) is 5.56 Å². The van der Waals surface area contributed by atoms with Gasteiger partial charge >= 0.3 is 11.7 Å². The standard InChI is InChI=1S/C17H18N4O5S/c1-5-10(16(23)25-4)27-14-11-13(20(2)17(24)21(3)15(11)22)18-12(19-14)9-7-6-8-26-9/h6-8,10H,5H2,1-4H3. The van der Waals surface area contributed by atoms with Gasteiger partial charge < -0.3 is 9.15 Å². The molecule has 0 bridgehead atoms. The van der Waals surface area contributed by atoms with Crippen LogP contribution in [-0.2, 0) is 23.6 Å². The molecule has 0 radical (unpaired) electrons. The summed E-state index contributed by atoms with van der Waals surface area (Å²) in [7, 11) is 4.21. The van der Waals surface area contributed by atoms with Gasteiger partial charge in [0.2, 0.25) is 0 Å². The molecule has 0 aromatic carbocycles. The van der Waals surface area contributed by atoms with Crippen molar-refractivity contribution in [1.82, 2.24) is 19.1 Å². The molecule has 3 heterocycles. The summed E-state index contributed by atoms with van der Waals surface area (Å²) < 4.78 is 12.4. The highest BCUT2D eigenvalue weighted by molar-refractivity contribution is 8.00. The topological polar surface area (TPSA) is 109 Å². The molecular weight excluding hydrogens is 372 g/mol. The highest BCUT2D eigenvalue weighted by Gasteiger charge is 2.25. The first kappa shape index (κ1) is 18.9. The molecule has 3 aromatic heterocycles. The minimum atomic E-state index is -0.556. The lowest BCUT2D eigenvalue weighted by molar-refractivity contribution is -0.140. The predicted octanol–water partition coefficient (Wildman–Crippen LogP) is 1.33. The van der Waals surface area contributed by atoms with E-state index in [9.17, 15) is 14.4 Å². The Morgan fingerprint density at radius 1 is 1.30 bits per heavy atom. The van der Waals surface area contributed by atoms with Crippen LogP contribution in [0.4, 0.5) is 0 Å². The maximum atomic E-state index is 12.7. The van der Waals surface area contributed by atoms with E-state index < -0.39 is 22.5 Å².